The van der Waals surface area contributed by atoms with Gasteiger partial charge in [-0.1, -0.05) is 12.2 Å². The van der Waals surface area contributed by atoms with E-state index in [-0.39, 0.29) is 21.5 Å². The molecule has 2 N–H and O–H groups in total. The van der Waals surface area contributed by atoms with Gasteiger partial charge in [0.15, 0.2) is 15.7 Å². The van der Waals surface area contributed by atoms with E-state index in [0.717, 1.165) is 6.26 Å². The molecule has 2 rings (SSSR count). The van der Waals surface area contributed by atoms with Crippen molar-refractivity contribution >= 4 is 27.0 Å². The molecule has 94 valence electrons. The molecule has 2 aromatic heterocycles. The van der Waals surface area contributed by atoms with Gasteiger partial charge >= 0.3 is 0 Å². The second-order valence-corrected chi connectivity index (χ2v) is 5.90. The van der Waals surface area contributed by atoms with Gasteiger partial charge in [-0.15, -0.1) is 5.10 Å². The van der Waals surface area contributed by atoms with Gasteiger partial charge in [-0.2, -0.15) is 0 Å². The van der Waals surface area contributed by atoms with Crippen LogP contribution < -0.4 is 5.73 Å². The highest BCUT2D eigenvalue weighted by Gasteiger charge is 2.17. The molecule has 2 aromatic rings. The monoisotopic (exact) mass is 283 g/mol. The number of hydrogen-bond acceptors (Lipinski definition) is 6. The number of sulfone groups is 1. The molecule has 0 unspecified atom stereocenters. The normalized spacial score (nSPS) is 11.4. The summed E-state index contributed by atoms with van der Waals surface area (Å²) in [6.07, 6.45) is 3.87. The molecule has 0 saturated heterocycles. The minimum Gasteiger partial charge on any atom is -0.387 e. The van der Waals surface area contributed by atoms with Gasteiger partial charge in [0.2, 0.25) is 5.82 Å². The Balaban J connectivity index is 2.61. The first kappa shape index (κ1) is 12.6. The van der Waals surface area contributed by atoms with E-state index in [0.29, 0.717) is 0 Å². The second-order valence-electron chi connectivity index (χ2n) is 3.47. The Morgan fingerprint density at radius 3 is 2.72 bits per heavy atom. The quantitative estimate of drug-likeness (QED) is 0.771. The smallest absolute Gasteiger partial charge is 0.208 e. The molecule has 9 heteroatoms. The van der Waals surface area contributed by atoms with E-state index in [1.54, 1.807) is 0 Å². The summed E-state index contributed by atoms with van der Waals surface area (Å²) >= 11 is 4.73. The third kappa shape index (κ3) is 2.36. The maximum absolute atomic E-state index is 11.6. The summed E-state index contributed by atoms with van der Waals surface area (Å²) in [6, 6.07) is 2.98. The van der Waals surface area contributed by atoms with Crippen LogP contribution in [0, 0.1) is 0 Å². The molecule has 0 aliphatic rings. The van der Waals surface area contributed by atoms with Crippen molar-refractivity contribution in [3.8, 4) is 5.82 Å². The highest BCUT2D eigenvalue weighted by molar-refractivity contribution is 7.90. The number of nitrogens with two attached hydrogens (primary N) is 1. The van der Waals surface area contributed by atoms with Crippen LogP contribution in [0.3, 0.4) is 0 Å². The lowest BCUT2D eigenvalue weighted by Gasteiger charge is -2.05. The lowest BCUT2D eigenvalue weighted by molar-refractivity contribution is 0.600. The van der Waals surface area contributed by atoms with Crippen LogP contribution in [0.25, 0.3) is 5.82 Å². The van der Waals surface area contributed by atoms with Crippen molar-refractivity contribution < 1.29 is 8.42 Å². The summed E-state index contributed by atoms with van der Waals surface area (Å²) in [4.78, 5) is 7.94. The molecule has 0 bridgehead atoms. The number of pyridine rings is 1. The second kappa shape index (κ2) is 4.42. The van der Waals surface area contributed by atoms with Crippen LogP contribution in [0.5, 0.6) is 0 Å². The van der Waals surface area contributed by atoms with Crippen molar-refractivity contribution in [1.82, 2.24) is 19.7 Å². The first-order valence-electron chi connectivity index (χ1n) is 4.76. The molecule has 0 spiro atoms. The van der Waals surface area contributed by atoms with Gasteiger partial charge in [-0.05, 0) is 12.1 Å². The summed E-state index contributed by atoms with van der Waals surface area (Å²) in [5, 5.41) is 3.97. The van der Waals surface area contributed by atoms with Crippen LogP contribution in [0.15, 0.2) is 29.6 Å². The molecule has 0 saturated carbocycles. The number of rotatable bonds is 3. The van der Waals surface area contributed by atoms with Gasteiger partial charge < -0.3 is 5.73 Å². The Hall–Kier alpha value is -1.87. The van der Waals surface area contributed by atoms with E-state index in [4.69, 9.17) is 18.0 Å². The topological polar surface area (TPSA) is 104 Å². The van der Waals surface area contributed by atoms with Gasteiger partial charge in [0, 0.05) is 12.5 Å². The van der Waals surface area contributed by atoms with E-state index in [1.165, 1.54) is 29.3 Å². The summed E-state index contributed by atoms with van der Waals surface area (Å²) in [7, 11) is -3.41. The van der Waals surface area contributed by atoms with Gasteiger partial charge in [-0.3, -0.25) is 0 Å². The first-order valence-corrected chi connectivity index (χ1v) is 7.06. The molecule has 0 amide bonds. The predicted molar refractivity (Wildman–Crippen MR) is 68.2 cm³/mol. The molecule has 2 heterocycles. The minimum absolute atomic E-state index is 0.0330. The van der Waals surface area contributed by atoms with Crippen molar-refractivity contribution in [1.29, 1.82) is 0 Å². The maximum atomic E-state index is 11.6. The van der Waals surface area contributed by atoms with Crippen molar-refractivity contribution in [3.63, 3.8) is 0 Å². The molecule has 0 atom stereocenters. The third-order valence-electron chi connectivity index (χ3n) is 2.08. The van der Waals surface area contributed by atoms with E-state index in [2.05, 4.69) is 15.1 Å². The van der Waals surface area contributed by atoms with Crippen LogP contribution in [0.2, 0.25) is 0 Å². The molecule has 18 heavy (non-hydrogen) atoms. The average molecular weight is 283 g/mol. The van der Waals surface area contributed by atoms with E-state index in [1.807, 2.05) is 0 Å². The summed E-state index contributed by atoms with van der Waals surface area (Å²) < 4.78 is 24.5. The molecule has 0 radical (unpaired) electrons. The number of hydrogen-bond donors (Lipinski definition) is 1. The van der Waals surface area contributed by atoms with Gasteiger partial charge in [0.1, 0.15) is 16.2 Å². The molecule has 0 aliphatic heterocycles. The summed E-state index contributed by atoms with van der Waals surface area (Å²) in [5.74, 6) is 0.324. The lowest BCUT2D eigenvalue weighted by atomic mass is 10.5. The van der Waals surface area contributed by atoms with Crippen LogP contribution in [0.4, 0.5) is 0 Å². The lowest BCUT2D eigenvalue weighted by Crippen LogP contribution is -2.13. The van der Waals surface area contributed by atoms with E-state index >= 15 is 0 Å². The van der Waals surface area contributed by atoms with Gasteiger partial charge in [-0.25, -0.2) is 23.1 Å². The fourth-order valence-corrected chi connectivity index (χ4v) is 2.22. The van der Waals surface area contributed by atoms with Crippen molar-refractivity contribution in [2.24, 2.45) is 5.73 Å². The standard InChI is InChI=1S/C9H9N5O2S2/c1-18(15,16)6-3-2-4-11-9(6)14-5-12-8(13-14)7(10)17/h2-5H,1H3,(H2,10,17). The van der Waals surface area contributed by atoms with Crippen molar-refractivity contribution in [2.75, 3.05) is 6.26 Å². The fourth-order valence-electron chi connectivity index (χ4n) is 1.32. The largest absolute Gasteiger partial charge is 0.387 e. The highest BCUT2D eigenvalue weighted by atomic mass is 32.2. The SMILES string of the molecule is CS(=O)(=O)c1cccnc1-n1cnc(C(N)=S)n1. The van der Waals surface area contributed by atoms with Crippen LogP contribution in [-0.2, 0) is 9.84 Å². The molecule has 7 nitrogen and oxygen atoms in total. The van der Waals surface area contributed by atoms with Crippen LogP contribution in [0.1, 0.15) is 5.82 Å². The average Bonchev–Trinajstić information content (AvgIpc) is 2.77. The predicted octanol–water partition coefficient (Wildman–Crippen LogP) is -0.300. The number of thiocarbonyl (C=S) groups is 1. The molecule has 0 fully saturated rings. The zero-order valence-electron chi connectivity index (χ0n) is 9.31. The number of nitrogens with zero attached hydrogens (tertiary/aromatic N) is 4. The Labute approximate surface area is 109 Å². The summed E-state index contributed by atoms with van der Waals surface area (Å²) in [6.45, 7) is 0. The van der Waals surface area contributed by atoms with Crippen molar-refractivity contribution in [3.05, 3.63) is 30.5 Å². The number of aromatic nitrogens is 4. The van der Waals surface area contributed by atoms with Crippen molar-refractivity contribution in [2.45, 2.75) is 4.90 Å². The third-order valence-corrected chi connectivity index (χ3v) is 3.38. The zero-order valence-corrected chi connectivity index (χ0v) is 10.9. The molecule has 0 aliphatic carbocycles. The Bertz CT molecular complexity index is 707. The Morgan fingerprint density at radius 1 is 1.44 bits per heavy atom. The zero-order chi connectivity index (χ0) is 13.3. The van der Waals surface area contributed by atoms with Crippen LogP contribution in [-0.4, -0.2) is 39.4 Å². The molecular weight excluding hydrogens is 274 g/mol. The van der Waals surface area contributed by atoms with Gasteiger partial charge in [0.25, 0.3) is 0 Å². The molecule has 0 aromatic carbocycles. The minimum atomic E-state index is -3.41. The van der Waals surface area contributed by atoms with E-state index in [9.17, 15) is 8.42 Å². The summed E-state index contributed by atoms with van der Waals surface area (Å²) in [5.41, 5.74) is 5.38. The maximum Gasteiger partial charge on any atom is 0.208 e. The Morgan fingerprint density at radius 2 is 2.17 bits per heavy atom. The van der Waals surface area contributed by atoms with Gasteiger partial charge in [0.05, 0.1) is 0 Å². The van der Waals surface area contributed by atoms with Crippen LogP contribution >= 0.6 is 12.2 Å². The van der Waals surface area contributed by atoms with E-state index < -0.39 is 9.84 Å². The fraction of sp³-hybridized carbons (Fsp3) is 0.111. The highest BCUT2D eigenvalue weighted by Crippen LogP contribution is 2.15. The Kier molecular flexibility index (Phi) is 3.09. The first-order chi connectivity index (χ1) is 8.39. The molecular formula is C9H9N5O2S2.